The molecule has 0 amide bonds. The van der Waals surface area contributed by atoms with Crippen LogP contribution in [0, 0.1) is 0 Å². The number of hydrogen-bond donors (Lipinski definition) is 1. The Bertz CT molecular complexity index is 663. The van der Waals surface area contributed by atoms with Crippen LogP contribution in [0.15, 0.2) is 42.5 Å². The summed E-state index contributed by atoms with van der Waals surface area (Å²) in [6.07, 6.45) is 0.577. The van der Waals surface area contributed by atoms with E-state index in [-0.39, 0.29) is 6.10 Å². The van der Waals surface area contributed by atoms with E-state index in [0.717, 1.165) is 22.6 Å². The van der Waals surface area contributed by atoms with Crippen LogP contribution in [0.5, 0.6) is 11.5 Å². The molecule has 4 heteroatoms. The zero-order valence-corrected chi connectivity index (χ0v) is 11.0. The third-order valence-corrected chi connectivity index (χ3v) is 3.45. The van der Waals surface area contributed by atoms with Crippen LogP contribution in [0.4, 0.5) is 0 Å². The maximum atomic E-state index is 11.0. The van der Waals surface area contributed by atoms with Crippen molar-refractivity contribution >= 4 is 5.97 Å². The van der Waals surface area contributed by atoms with E-state index in [9.17, 15) is 4.79 Å². The van der Waals surface area contributed by atoms with Crippen molar-refractivity contribution in [3.8, 4) is 11.5 Å². The lowest BCUT2D eigenvalue weighted by Gasteiger charge is -2.11. The smallest absolute Gasteiger partial charge is 0.335 e. The molecule has 1 aliphatic heterocycles. The van der Waals surface area contributed by atoms with Gasteiger partial charge in [0.25, 0.3) is 0 Å². The van der Waals surface area contributed by atoms with Gasteiger partial charge in [-0.25, -0.2) is 4.79 Å². The van der Waals surface area contributed by atoms with Gasteiger partial charge in [-0.3, -0.25) is 0 Å². The molecule has 0 saturated heterocycles. The van der Waals surface area contributed by atoms with E-state index in [0.29, 0.717) is 12.0 Å². The highest BCUT2D eigenvalue weighted by atomic mass is 16.5. The molecule has 3 rings (SSSR count). The summed E-state index contributed by atoms with van der Waals surface area (Å²) < 4.78 is 11.1. The van der Waals surface area contributed by atoms with Crippen molar-refractivity contribution in [2.75, 3.05) is 7.11 Å². The molecule has 102 valence electrons. The zero-order valence-electron chi connectivity index (χ0n) is 11.0. The highest BCUT2D eigenvalue weighted by Crippen LogP contribution is 2.37. The summed E-state index contributed by atoms with van der Waals surface area (Å²) in [7, 11) is 1.63. The monoisotopic (exact) mass is 270 g/mol. The standard InChI is InChI=1S/C16H14O4/c1-19-13-4-2-3-10(8-13)15-9-12-7-11(16(17)18)5-6-14(12)20-15/h2-8,15H,9H2,1H3,(H,17,18). The van der Waals surface area contributed by atoms with E-state index in [1.165, 1.54) is 0 Å². The largest absolute Gasteiger partial charge is 0.497 e. The summed E-state index contributed by atoms with van der Waals surface area (Å²) in [4.78, 5) is 11.0. The van der Waals surface area contributed by atoms with Crippen molar-refractivity contribution < 1.29 is 19.4 Å². The quantitative estimate of drug-likeness (QED) is 0.931. The van der Waals surface area contributed by atoms with Gasteiger partial charge in [-0.05, 0) is 41.5 Å². The molecule has 0 aromatic heterocycles. The zero-order chi connectivity index (χ0) is 14.1. The first kappa shape index (κ1) is 12.5. The second-order valence-corrected chi connectivity index (χ2v) is 4.71. The molecule has 1 unspecified atom stereocenters. The molecular formula is C16H14O4. The lowest BCUT2D eigenvalue weighted by molar-refractivity contribution is 0.0697. The fourth-order valence-corrected chi connectivity index (χ4v) is 2.41. The first-order chi connectivity index (χ1) is 9.67. The minimum Gasteiger partial charge on any atom is -0.497 e. The summed E-state index contributed by atoms with van der Waals surface area (Å²) in [6, 6.07) is 12.7. The van der Waals surface area contributed by atoms with Crippen molar-refractivity contribution in [3.05, 3.63) is 59.2 Å². The Kier molecular flexibility index (Phi) is 3.06. The van der Waals surface area contributed by atoms with Crippen LogP contribution in [-0.4, -0.2) is 18.2 Å². The van der Waals surface area contributed by atoms with Gasteiger partial charge < -0.3 is 14.6 Å². The number of carboxylic acid groups (broad SMARTS) is 1. The Morgan fingerprint density at radius 2 is 2.15 bits per heavy atom. The number of rotatable bonds is 3. The van der Waals surface area contributed by atoms with Crippen LogP contribution in [0.3, 0.4) is 0 Å². The number of ether oxygens (including phenoxy) is 2. The van der Waals surface area contributed by atoms with Gasteiger partial charge in [-0.15, -0.1) is 0 Å². The summed E-state index contributed by atoms with van der Waals surface area (Å²) >= 11 is 0. The molecule has 1 heterocycles. The molecule has 0 fully saturated rings. The normalized spacial score (nSPS) is 16.4. The minimum atomic E-state index is -0.919. The van der Waals surface area contributed by atoms with Crippen molar-refractivity contribution in [2.45, 2.75) is 12.5 Å². The average Bonchev–Trinajstić information content (AvgIpc) is 2.90. The molecular weight excluding hydrogens is 256 g/mol. The van der Waals surface area contributed by atoms with Gasteiger partial charge in [0.2, 0.25) is 0 Å². The predicted octanol–water partition coefficient (Wildman–Crippen LogP) is 3.07. The Morgan fingerprint density at radius 3 is 2.90 bits per heavy atom. The molecule has 1 N–H and O–H groups in total. The fraction of sp³-hybridized carbons (Fsp3) is 0.188. The van der Waals surface area contributed by atoms with Crippen LogP contribution < -0.4 is 9.47 Å². The molecule has 20 heavy (non-hydrogen) atoms. The molecule has 0 radical (unpaired) electrons. The summed E-state index contributed by atoms with van der Waals surface area (Å²) in [5.41, 5.74) is 2.24. The van der Waals surface area contributed by atoms with Crippen LogP contribution in [-0.2, 0) is 6.42 Å². The van der Waals surface area contributed by atoms with E-state index < -0.39 is 5.97 Å². The molecule has 4 nitrogen and oxygen atoms in total. The van der Waals surface area contributed by atoms with E-state index >= 15 is 0 Å². The topological polar surface area (TPSA) is 55.8 Å². The van der Waals surface area contributed by atoms with Gasteiger partial charge in [0.05, 0.1) is 12.7 Å². The van der Waals surface area contributed by atoms with Crippen molar-refractivity contribution in [2.24, 2.45) is 0 Å². The van der Waals surface area contributed by atoms with Gasteiger partial charge in [0.1, 0.15) is 17.6 Å². The Hall–Kier alpha value is -2.49. The van der Waals surface area contributed by atoms with Gasteiger partial charge >= 0.3 is 5.97 Å². The fourth-order valence-electron chi connectivity index (χ4n) is 2.41. The van der Waals surface area contributed by atoms with E-state index in [1.54, 1.807) is 25.3 Å². The predicted molar refractivity (Wildman–Crippen MR) is 73.5 cm³/mol. The second kappa shape index (κ2) is 4.89. The van der Waals surface area contributed by atoms with Crippen molar-refractivity contribution in [1.29, 1.82) is 0 Å². The van der Waals surface area contributed by atoms with E-state index in [2.05, 4.69) is 0 Å². The number of carbonyl (C=O) groups is 1. The van der Waals surface area contributed by atoms with Crippen molar-refractivity contribution in [3.63, 3.8) is 0 Å². The molecule has 0 aliphatic carbocycles. The van der Waals surface area contributed by atoms with Gasteiger partial charge in [0.15, 0.2) is 0 Å². The average molecular weight is 270 g/mol. The summed E-state index contributed by atoms with van der Waals surface area (Å²) in [5, 5.41) is 9.01. The maximum absolute atomic E-state index is 11.0. The SMILES string of the molecule is COc1cccc(C2Cc3cc(C(=O)O)ccc3O2)c1. The van der Waals surface area contributed by atoms with Crippen molar-refractivity contribution in [1.82, 2.24) is 0 Å². The lowest BCUT2D eigenvalue weighted by Crippen LogP contribution is -2.03. The first-order valence-corrected chi connectivity index (χ1v) is 6.34. The third kappa shape index (κ3) is 2.20. The summed E-state index contributed by atoms with van der Waals surface area (Å²) in [5.74, 6) is 0.619. The highest BCUT2D eigenvalue weighted by Gasteiger charge is 2.25. The molecule has 1 aliphatic rings. The maximum Gasteiger partial charge on any atom is 0.335 e. The Labute approximate surface area is 116 Å². The van der Waals surface area contributed by atoms with Gasteiger partial charge in [-0.2, -0.15) is 0 Å². The third-order valence-electron chi connectivity index (χ3n) is 3.45. The molecule has 0 bridgehead atoms. The summed E-state index contributed by atoms with van der Waals surface area (Å²) in [6.45, 7) is 0. The Balaban J connectivity index is 1.87. The lowest BCUT2D eigenvalue weighted by atomic mass is 10.0. The number of methoxy groups -OCH3 is 1. The van der Waals surface area contributed by atoms with Gasteiger partial charge in [-0.1, -0.05) is 12.1 Å². The molecule has 0 spiro atoms. The highest BCUT2D eigenvalue weighted by molar-refractivity contribution is 5.88. The number of carboxylic acids is 1. The van der Waals surface area contributed by atoms with E-state index in [1.807, 2.05) is 24.3 Å². The number of fused-ring (bicyclic) bond motifs is 1. The molecule has 1 atom stereocenters. The molecule has 2 aromatic rings. The second-order valence-electron chi connectivity index (χ2n) is 4.71. The first-order valence-electron chi connectivity index (χ1n) is 6.34. The van der Waals surface area contributed by atoms with Gasteiger partial charge in [0, 0.05) is 6.42 Å². The van der Waals surface area contributed by atoms with Crippen LogP contribution in [0.1, 0.15) is 27.6 Å². The van der Waals surface area contributed by atoms with E-state index in [4.69, 9.17) is 14.6 Å². The van der Waals surface area contributed by atoms with Crippen LogP contribution in [0.2, 0.25) is 0 Å². The number of aromatic carboxylic acids is 1. The van der Waals surface area contributed by atoms with Crippen LogP contribution >= 0.6 is 0 Å². The molecule has 2 aromatic carbocycles. The number of hydrogen-bond acceptors (Lipinski definition) is 3. The minimum absolute atomic E-state index is 0.0934. The van der Waals surface area contributed by atoms with Crippen LogP contribution in [0.25, 0.3) is 0 Å². The number of benzene rings is 2. The molecule has 0 saturated carbocycles. The Morgan fingerprint density at radius 1 is 1.30 bits per heavy atom.